The molecule has 26 heavy (non-hydrogen) atoms. The summed E-state index contributed by atoms with van der Waals surface area (Å²) in [7, 11) is 0. The second-order valence-corrected chi connectivity index (χ2v) is 8.31. The van der Waals surface area contributed by atoms with Crippen molar-refractivity contribution in [3.8, 4) is 0 Å². The summed E-state index contributed by atoms with van der Waals surface area (Å²) in [5, 5.41) is 9.01. The first-order chi connectivity index (χ1) is 12.2. The molecule has 0 saturated heterocycles. The van der Waals surface area contributed by atoms with Crippen molar-refractivity contribution in [2.24, 2.45) is 0 Å². The maximum Gasteiger partial charge on any atom is 0.356 e. The molecule has 3 rings (SSSR count). The predicted molar refractivity (Wildman–Crippen MR) is 103 cm³/mol. The van der Waals surface area contributed by atoms with Gasteiger partial charge in [-0.2, -0.15) is 0 Å². The van der Waals surface area contributed by atoms with Gasteiger partial charge in [0.05, 0.1) is 12.4 Å². The molecule has 5 heteroatoms. The number of carbonyl (C=O) groups is 1. The third kappa shape index (κ3) is 3.18. The Morgan fingerprint density at radius 2 is 1.73 bits per heavy atom. The lowest BCUT2D eigenvalue weighted by molar-refractivity contribution is 0.0690. The number of hydrogen-bond donors (Lipinski definition) is 1. The topological polar surface area (TPSA) is 66.3 Å². The highest BCUT2D eigenvalue weighted by Gasteiger charge is 2.37. The number of aromatic nitrogens is 2. The molecule has 0 amide bonds. The lowest BCUT2D eigenvalue weighted by Gasteiger charge is -2.42. The number of nitrogens with zero attached hydrogens (tertiary/aromatic N) is 3. The number of carboxylic acid groups (broad SMARTS) is 1. The zero-order valence-electron chi connectivity index (χ0n) is 16.2. The van der Waals surface area contributed by atoms with Gasteiger partial charge >= 0.3 is 5.97 Å². The molecule has 0 atom stereocenters. The van der Waals surface area contributed by atoms with Gasteiger partial charge in [0.15, 0.2) is 11.5 Å². The molecule has 0 unspecified atom stereocenters. The molecule has 1 aliphatic carbocycles. The summed E-state index contributed by atoms with van der Waals surface area (Å²) in [5.74, 6) is -0.407. The van der Waals surface area contributed by atoms with E-state index in [9.17, 15) is 4.79 Å². The quantitative estimate of drug-likeness (QED) is 0.864. The first-order valence-corrected chi connectivity index (χ1v) is 9.13. The average molecular weight is 353 g/mol. The molecule has 0 saturated carbocycles. The van der Waals surface area contributed by atoms with Crippen LogP contribution in [0.3, 0.4) is 0 Å². The highest BCUT2D eigenvalue weighted by atomic mass is 16.4. The molecule has 1 N–H and O–H groups in total. The zero-order valence-corrected chi connectivity index (χ0v) is 16.2. The number of hydrogen-bond acceptors (Lipinski definition) is 4. The van der Waals surface area contributed by atoms with E-state index in [1.54, 1.807) is 0 Å². The predicted octanol–water partition coefficient (Wildman–Crippen LogP) is 4.68. The van der Waals surface area contributed by atoms with E-state index in [2.05, 4.69) is 67.7 Å². The minimum Gasteiger partial charge on any atom is -0.476 e. The molecule has 1 aromatic carbocycles. The fourth-order valence-electron chi connectivity index (χ4n) is 3.79. The Morgan fingerprint density at radius 3 is 2.27 bits per heavy atom. The van der Waals surface area contributed by atoms with Gasteiger partial charge in [0.2, 0.25) is 0 Å². The van der Waals surface area contributed by atoms with E-state index in [1.807, 2.05) is 0 Å². The second-order valence-electron chi connectivity index (χ2n) is 8.31. The van der Waals surface area contributed by atoms with Crippen molar-refractivity contribution < 1.29 is 9.90 Å². The molecule has 1 aliphatic rings. The minimum absolute atomic E-state index is 0.0434. The molecule has 1 aromatic heterocycles. The fourth-order valence-corrected chi connectivity index (χ4v) is 3.79. The van der Waals surface area contributed by atoms with Crippen molar-refractivity contribution in [2.75, 3.05) is 11.4 Å². The van der Waals surface area contributed by atoms with Crippen LogP contribution >= 0.6 is 0 Å². The Bertz CT molecular complexity index is 826. The average Bonchev–Trinajstić information content (AvgIpc) is 2.60. The van der Waals surface area contributed by atoms with Crippen LogP contribution in [0.1, 0.15) is 69.1 Å². The number of anilines is 2. The number of carboxylic acids is 1. The third-order valence-corrected chi connectivity index (χ3v) is 5.60. The van der Waals surface area contributed by atoms with Crippen molar-refractivity contribution in [2.45, 2.75) is 58.3 Å². The second kappa shape index (κ2) is 6.38. The normalized spacial score (nSPS) is 17.4. The first kappa shape index (κ1) is 18.4. The van der Waals surface area contributed by atoms with Gasteiger partial charge in [-0.05, 0) is 53.9 Å². The number of fused-ring (bicyclic) bond motifs is 1. The summed E-state index contributed by atoms with van der Waals surface area (Å²) < 4.78 is 0. The first-order valence-electron chi connectivity index (χ1n) is 9.13. The van der Waals surface area contributed by atoms with Gasteiger partial charge in [0.25, 0.3) is 0 Å². The molecular formula is C21H27N3O2. The Hall–Kier alpha value is -2.43. The highest BCUT2D eigenvalue weighted by molar-refractivity contribution is 5.85. The Balaban J connectivity index is 2.04. The third-order valence-electron chi connectivity index (χ3n) is 5.60. The Kier molecular flexibility index (Phi) is 4.51. The van der Waals surface area contributed by atoms with E-state index >= 15 is 0 Å². The molecular weight excluding hydrogens is 326 g/mol. The number of benzene rings is 1. The van der Waals surface area contributed by atoms with Crippen molar-refractivity contribution >= 4 is 17.5 Å². The van der Waals surface area contributed by atoms with Gasteiger partial charge in [0.1, 0.15) is 0 Å². The van der Waals surface area contributed by atoms with E-state index < -0.39 is 5.97 Å². The van der Waals surface area contributed by atoms with Crippen molar-refractivity contribution in [1.82, 2.24) is 9.97 Å². The summed E-state index contributed by atoms with van der Waals surface area (Å²) in [6.07, 6.45) is 5.19. The zero-order chi connectivity index (χ0) is 19.1. The fraction of sp³-hybridized carbons (Fsp3) is 0.476. The van der Waals surface area contributed by atoms with Crippen molar-refractivity contribution in [1.29, 1.82) is 0 Å². The maximum absolute atomic E-state index is 11.0. The van der Waals surface area contributed by atoms with Gasteiger partial charge < -0.3 is 10.0 Å². The monoisotopic (exact) mass is 353 g/mol. The Labute approximate surface area is 155 Å². The largest absolute Gasteiger partial charge is 0.476 e. The van der Waals surface area contributed by atoms with Gasteiger partial charge in [-0.3, -0.25) is 0 Å². The van der Waals surface area contributed by atoms with Crippen LogP contribution in [0.2, 0.25) is 0 Å². The minimum atomic E-state index is -1.06. The lowest BCUT2D eigenvalue weighted by Crippen LogP contribution is -2.34. The van der Waals surface area contributed by atoms with Gasteiger partial charge in [-0.1, -0.05) is 33.8 Å². The maximum atomic E-state index is 11.0. The SMILES string of the molecule is CCN(c1ccc2c(c1)C(C)(C)CCC2(C)C)c1cnc(C(=O)O)cn1. The van der Waals surface area contributed by atoms with Crippen LogP contribution in [0.25, 0.3) is 0 Å². The summed E-state index contributed by atoms with van der Waals surface area (Å²) >= 11 is 0. The van der Waals surface area contributed by atoms with Crippen molar-refractivity contribution in [3.05, 3.63) is 47.4 Å². The number of rotatable bonds is 4. The smallest absolute Gasteiger partial charge is 0.356 e. The van der Waals surface area contributed by atoms with Crippen LogP contribution in [-0.2, 0) is 10.8 Å². The Morgan fingerprint density at radius 1 is 1.08 bits per heavy atom. The van der Waals surface area contributed by atoms with Crippen LogP contribution in [0.4, 0.5) is 11.5 Å². The van der Waals surface area contributed by atoms with E-state index in [0.29, 0.717) is 5.82 Å². The molecule has 2 aromatic rings. The van der Waals surface area contributed by atoms with E-state index in [-0.39, 0.29) is 16.5 Å². The highest BCUT2D eigenvalue weighted by Crippen LogP contribution is 2.47. The molecule has 5 nitrogen and oxygen atoms in total. The number of aromatic carboxylic acids is 1. The molecule has 0 fully saturated rings. The van der Waals surface area contributed by atoms with Crippen LogP contribution < -0.4 is 4.90 Å². The summed E-state index contributed by atoms with van der Waals surface area (Å²) in [6.45, 7) is 12.0. The van der Waals surface area contributed by atoms with E-state index in [1.165, 1.54) is 29.9 Å². The molecule has 0 bridgehead atoms. The van der Waals surface area contributed by atoms with Gasteiger partial charge in [-0.25, -0.2) is 14.8 Å². The molecule has 0 spiro atoms. The molecule has 138 valence electrons. The molecule has 0 aliphatic heterocycles. The van der Waals surface area contributed by atoms with Crippen LogP contribution in [0.15, 0.2) is 30.6 Å². The standard InChI is InChI=1S/C21H27N3O2/c1-6-24(18-13-22-17(12-23-18)19(25)26)14-7-8-15-16(11-14)21(4,5)10-9-20(15,2)3/h7-8,11-13H,6,9-10H2,1-5H3,(H,25,26). The lowest BCUT2D eigenvalue weighted by atomic mass is 9.63. The summed E-state index contributed by atoms with van der Waals surface area (Å²) in [6, 6.07) is 6.65. The van der Waals surface area contributed by atoms with Crippen LogP contribution in [0.5, 0.6) is 0 Å². The molecule has 1 heterocycles. The summed E-state index contributed by atoms with van der Waals surface area (Å²) in [4.78, 5) is 21.4. The summed E-state index contributed by atoms with van der Waals surface area (Å²) in [5.41, 5.74) is 4.15. The van der Waals surface area contributed by atoms with Gasteiger partial charge in [-0.15, -0.1) is 0 Å². The van der Waals surface area contributed by atoms with Gasteiger partial charge in [0, 0.05) is 12.2 Å². The van der Waals surface area contributed by atoms with Crippen molar-refractivity contribution in [3.63, 3.8) is 0 Å². The van der Waals surface area contributed by atoms with E-state index in [4.69, 9.17) is 5.11 Å². The van der Waals surface area contributed by atoms with Crippen LogP contribution in [-0.4, -0.2) is 27.6 Å². The van der Waals surface area contributed by atoms with E-state index in [0.717, 1.165) is 18.7 Å². The molecule has 0 radical (unpaired) electrons. The van der Waals surface area contributed by atoms with Crippen LogP contribution in [0, 0.1) is 0 Å².